The lowest BCUT2D eigenvalue weighted by molar-refractivity contribution is -0.144. The third-order valence-corrected chi connectivity index (χ3v) is 2.06. The van der Waals surface area contributed by atoms with Crippen molar-refractivity contribution in [2.24, 2.45) is 0 Å². The van der Waals surface area contributed by atoms with E-state index in [0.29, 0.717) is 19.1 Å². The minimum Gasteiger partial charge on any atom is -0.466 e. The maximum absolute atomic E-state index is 11.2. The van der Waals surface area contributed by atoms with Crippen LogP contribution < -0.4 is 0 Å². The molecule has 3 heteroatoms. The summed E-state index contributed by atoms with van der Waals surface area (Å²) >= 11 is 0. The molecular formula is C10H21NO2. The molecule has 1 atom stereocenters. The molecule has 0 rings (SSSR count). The first-order chi connectivity index (χ1) is 6.11. The molecule has 0 aliphatic rings. The molecule has 0 aliphatic carbocycles. The number of hydrogen-bond donors (Lipinski definition) is 0. The van der Waals surface area contributed by atoms with Crippen molar-refractivity contribution < 1.29 is 9.53 Å². The summed E-state index contributed by atoms with van der Waals surface area (Å²) in [4.78, 5) is 13.3. The number of rotatable bonds is 6. The number of nitrogens with zero attached hydrogens (tertiary/aromatic N) is 1. The predicted molar refractivity (Wildman–Crippen MR) is 53.6 cm³/mol. The van der Waals surface area contributed by atoms with Gasteiger partial charge in [-0.1, -0.05) is 13.3 Å². The van der Waals surface area contributed by atoms with Crippen molar-refractivity contribution in [1.29, 1.82) is 0 Å². The van der Waals surface area contributed by atoms with Gasteiger partial charge >= 0.3 is 5.97 Å². The SMILES string of the molecule is CCCC(CC(=O)OCC)N(C)C. The topological polar surface area (TPSA) is 29.5 Å². The fourth-order valence-corrected chi connectivity index (χ4v) is 1.29. The van der Waals surface area contributed by atoms with E-state index in [1.165, 1.54) is 0 Å². The molecule has 3 nitrogen and oxygen atoms in total. The van der Waals surface area contributed by atoms with Crippen LogP contribution in [-0.2, 0) is 9.53 Å². The van der Waals surface area contributed by atoms with E-state index in [9.17, 15) is 4.79 Å². The Labute approximate surface area is 81.1 Å². The molecule has 78 valence electrons. The molecule has 0 aromatic rings. The van der Waals surface area contributed by atoms with Crippen LogP contribution in [0.15, 0.2) is 0 Å². The molecule has 0 radical (unpaired) electrons. The molecule has 0 spiro atoms. The van der Waals surface area contributed by atoms with Crippen LogP contribution in [-0.4, -0.2) is 37.6 Å². The summed E-state index contributed by atoms with van der Waals surface area (Å²) in [6, 6.07) is 0.323. The summed E-state index contributed by atoms with van der Waals surface area (Å²) in [5.41, 5.74) is 0. The Morgan fingerprint density at radius 3 is 2.38 bits per heavy atom. The van der Waals surface area contributed by atoms with Gasteiger partial charge in [-0.2, -0.15) is 0 Å². The van der Waals surface area contributed by atoms with E-state index in [1.54, 1.807) is 0 Å². The summed E-state index contributed by atoms with van der Waals surface area (Å²) in [5.74, 6) is -0.0883. The first-order valence-corrected chi connectivity index (χ1v) is 4.93. The Bertz CT molecular complexity index is 146. The fraction of sp³-hybridized carbons (Fsp3) is 0.900. The van der Waals surface area contributed by atoms with Gasteiger partial charge in [0.1, 0.15) is 0 Å². The van der Waals surface area contributed by atoms with E-state index in [-0.39, 0.29) is 5.97 Å². The number of ether oxygens (including phenoxy) is 1. The van der Waals surface area contributed by atoms with Crippen LogP contribution in [0.3, 0.4) is 0 Å². The van der Waals surface area contributed by atoms with Gasteiger partial charge in [-0.05, 0) is 27.4 Å². The van der Waals surface area contributed by atoms with Crippen LogP contribution in [0.4, 0.5) is 0 Å². The molecule has 13 heavy (non-hydrogen) atoms. The molecular weight excluding hydrogens is 166 g/mol. The highest BCUT2D eigenvalue weighted by atomic mass is 16.5. The van der Waals surface area contributed by atoms with Crippen LogP contribution in [0.25, 0.3) is 0 Å². The van der Waals surface area contributed by atoms with E-state index in [2.05, 4.69) is 11.8 Å². The predicted octanol–water partition coefficient (Wildman–Crippen LogP) is 1.67. The van der Waals surface area contributed by atoms with Crippen LogP contribution in [0.1, 0.15) is 33.1 Å². The highest BCUT2D eigenvalue weighted by molar-refractivity contribution is 5.70. The van der Waals surface area contributed by atoms with E-state index in [4.69, 9.17) is 4.74 Å². The molecule has 0 aliphatic heterocycles. The van der Waals surface area contributed by atoms with Gasteiger partial charge in [0.25, 0.3) is 0 Å². The zero-order valence-electron chi connectivity index (χ0n) is 9.17. The molecule has 0 fully saturated rings. The van der Waals surface area contributed by atoms with Crippen molar-refractivity contribution in [2.45, 2.75) is 39.2 Å². The van der Waals surface area contributed by atoms with Crippen molar-refractivity contribution >= 4 is 5.97 Å². The van der Waals surface area contributed by atoms with Crippen molar-refractivity contribution in [3.63, 3.8) is 0 Å². The fourth-order valence-electron chi connectivity index (χ4n) is 1.29. The molecule has 0 saturated heterocycles. The van der Waals surface area contributed by atoms with Gasteiger partial charge in [0.2, 0.25) is 0 Å². The first-order valence-electron chi connectivity index (χ1n) is 4.93. The van der Waals surface area contributed by atoms with Crippen LogP contribution >= 0.6 is 0 Å². The second-order valence-corrected chi connectivity index (χ2v) is 3.42. The highest BCUT2D eigenvalue weighted by Gasteiger charge is 2.15. The van der Waals surface area contributed by atoms with Gasteiger partial charge in [0.15, 0.2) is 0 Å². The smallest absolute Gasteiger partial charge is 0.307 e. The molecule has 0 N–H and O–H groups in total. The van der Waals surface area contributed by atoms with Crippen LogP contribution in [0.5, 0.6) is 0 Å². The van der Waals surface area contributed by atoms with E-state index < -0.39 is 0 Å². The number of hydrogen-bond acceptors (Lipinski definition) is 3. The molecule has 0 aromatic heterocycles. The van der Waals surface area contributed by atoms with Crippen molar-refractivity contribution in [3.8, 4) is 0 Å². The molecule has 0 aromatic carbocycles. The third kappa shape index (κ3) is 5.64. The maximum atomic E-state index is 11.2. The van der Waals surface area contributed by atoms with E-state index in [0.717, 1.165) is 12.8 Å². The largest absolute Gasteiger partial charge is 0.466 e. The normalized spacial score (nSPS) is 13.0. The third-order valence-electron chi connectivity index (χ3n) is 2.06. The summed E-state index contributed by atoms with van der Waals surface area (Å²) in [6.45, 7) is 4.44. The Balaban J connectivity index is 3.86. The molecule has 0 amide bonds. The zero-order valence-corrected chi connectivity index (χ0v) is 9.17. The standard InChI is InChI=1S/C10H21NO2/c1-5-7-9(11(3)4)8-10(12)13-6-2/h9H,5-8H2,1-4H3. The molecule has 0 bridgehead atoms. The average molecular weight is 187 g/mol. The minimum absolute atomic E-state index is 0.0883. The van der Waals surface area contributed by atoms with Gasteiger partial charge in [-0.25, -0.2) is 0 Å². The quantitative estimate of drug-likeness (QED) is 0.592. The van der Waals surface area contributed by atoms with Gasteiger partial charge in [0.05, 0.1) is 13.0 Å². The first kappa shape index (κ1) is 12.4. The van der Waals surface area contributed by atoms with Crippen LogP contribution in [0, 0.1) is 0 Å². The second-order valence-electron chi connectivity index (χ2n) is 3.42. The molecule has 0 heterocycles. The maximum Gasteiger partial charge on any atom is 0.307 e. The van der Waals surface area contributed by atoms with Crippen molar-refractivity contribution in [2.75, 3.05) is 20.7 Å². The van der Waals surface area contributed by atoms with E-state index >= 15 is 0 Å². The zero-order chi connectivity index (χ0) is 10.3. The summed E-state index contributed by atoms with van der Waals surface area (Å²) < 4.78 is 4.90. The monoisotopic (exact) mass is 187 g/mol. The van der Waals surface area contributed by atoms with Crippen molar-refractivity contribution in [1.82, 2.24) is 4.90 Å². The summed E-state index contributed by atoms with van der Waals surface area (Å²) in [5, 5.41) is 0. The lowest BCUT2D eigenvalue weighted by Crippen LogP contribution is -2.30. The highest BCUT2D eigenvalue weighted by Crippen LogP contribution is 2.08. The minimum atomic E-state index is -0.0883. The lowest BCUT2D eigenvalue weighted by Gasteiger charge is -2.22. The van der Waals surface area contributed by atoms with Gasteiger partial charge in [0, 0.05) is 6.04 Å². The summed E-state index contributed by atoms with van der Waals surface area (Å²) in [6.07, 6.45) is 2.66. The van der Waals surface area contributed by atoms with Crippen LogP contribution in [0.2, 0.25) is 0 Å². The molecule has 1 unspecified atom stereocenters. The Morgan fingerprint density at radius 1 is 1.38 bits per heavy atom. The van der Waals surface area contributed by atoms with Crippen molar-refractivity contribution in [3.05, 3.63) is 0 Å². The number of carbonyl (C=O) groups is 1. The van der Waals surface area contributed by atoms with Gasteiger partial charge in [-0.3, -0.25) is 4.79 Å². The number of esters is 1. The Morgan fingerprint density at radius 2 is 2.00 bits per heavy atom. The Kier molecular flexibility index (Phi) is 6.59. The van der Waals surface area contributed by atoms with Gasteiger partial charge < -0.3 is 9.64 Å². The van der Waals surface area contributed by atoms with E-state index in [1.807, 2.05) is 21.0 Å². The summed E-state index contributed by atoms with van der Waals surface area (Å²) in [7, 11) is 4.00. The van der Waals surface area contributed by atoms with Gasteiger partial charge in [-0.15, -0.1) is 0 Å². The average Bonchev–Trinajstić information content (AvgIpc) is 2.04. The Hall–Kier alpha value is -0.570. The second kappa shape index (κ2) is 6.89. The number of carbonyl (C=O) groups excluding carboxylic acids is 1. The lowest BCUT2D eigenvalue weighted by atomic mass is 10.1. The molecule has 0 saturated carbocycles.